The standard InChI is InChI=1S/C126H108N14/c1-121(2,3)85-53-49-77(50-54-85)115-131-116(133-117(132-115)79-63-83(73-127)113(139-107-45-29-21-37-95(107)96-38-22-30-46-108(96)139)99(69-79)101-75-129-61-57-111(101)137-103-41-25-17-33-91(103)92-34-18-26-42-104(92)137)78-51-55-86(56-52-78)125(13,14)59-60-126(15,16)90-68-82(67-89(72-90)124(10,11)12)120-135-118(134-119(136-120)81-65-87(122(4,5)6)71-88(66-81)123(7,8)9)80-64-84(74-128)114(140-109-47-31-23-39-97(109)98-40-24-32-48-110(98)140)100(70-80)102-76-130-62-58-112(102)138-105-43-27-19-35-93(105)94-36-20-28-44-106(94)138/h17-58,61-72,75-76H,59-60H2,1-16H3. The number of nitrogens with zero attached hydrogens (tertiary/aromatic N) is 14. The van der Waals surface area contributed by atoms with Crippen molar-refractivity contribution in [3.8, 4) is 125 Å². The molecule has 140 heavy (non-hydrogen) atoms. The van der Waals surface area contributed by atoms with E-state index in [2.05, 4.69) is 445 Å². The maximum Gasteiger partial charge on any atom is 0.164 e. The quantitative estimate of drug-likeness (QED) is 0.0855. The van der Waals surface area contributed by atoms with Crippen LogP contribution in [0.3, 0.4) is 0 Å². The third-order valence-electron chi connectivity index (χ3n) is 28.7. The fourth-order valence-electron chi connectivity index (χ4n) is 20.7. The molecule has 22 rings (SSSR count). The number of hydrogen-bond donors (Lipinski definition) is 0. The Morgan fingerprint density at radius 2 is 0.471 bits per heavy atom. The molecule has 0 radical (unpaired) electrons. The number of benzene rings is 14. The van der Waals surface area contributed by atoms with Gasteiger partial charge in [-0.25, -0.2) is 29.9 Å². The molecule has 0 spiro atoms. The second-order valence-corrected chi connectivity index (χ2v) is 43.0. The van der Waals surface area contributed by atoms with Crippen LogP contribution in [0, 0.1) is 22.7 Å². The van der Waals surface area contributed by atoms with Crippen LogP contribution >= 0.6 is 0 Å². The fraction of sp³-hybridized carbons (Fsp3) is 0.190. The normalized spacial score (nSPS) is 12.5. The molecule has 0 N–H and O–H groups in total. The van der Waals surface area contributed by atoms with Crippen molar-refractivity contribution in [1.82, 2.24) is 58.1 Å². The SMILES string of the molecule is CC(C)(C)c1ccc(-c2nc(-c3ccc(C(C)(C)CCC(C)(C)c4cc(-c5nc(-c6cc(C(C)(C)C)cc(C(C)(C)C)c6)nc(-c6cc(C#N)c(-n7c8ccccc8c8ccccc87)c(-c7cnccc7-n7c8ccccc8c8ccccc87)c6)n5)cc(C(C)(C)C)c4)cc3)nc(-c3cc(C#N)c(-n4c5ccccc5c5ccccc54)c(-c4cnccc4-n4c5ccccc5c5ccccc54)c3)n2)cc1. The lowest BCUT2D eigenvalue weighted by atomic mass is 9.71. The molecule has 14 heteroatoms. The van der Waals surface area contributed by atoms with Gasteiger partial charge in [0.05, 0.1) is 78.0 Å². The Bertz CT molecular complexity index is 8630. The molecule has 0 aliphatic rings. The first-order chi connectivity index (χ1) is 67.3. The summed E-state index contributed by atoms with van der Waals surface area (Å²) in [6, 6.07) is 117. The molecule has 0 unspecified atom stereocenters. The van der Waals surface area contributed by atoms with Gasteiger partial charge in [0, 0.05) is 124 Å². The number of fused-ring (bicyclic) bond motifs is 12. The number of para-hydroxylation sites is 8. The second kappa shape index (κ2) is 33.8. The first kappa shape index (κ1) is 88.8. The number of hydrogen-bond acceptors (Lipinski definition) is 10. The van der Waals surface area contributed by atoms with Gasteiger partial charge in [0.15, 0.2) is 34.9 Å². The van der Waals surface area contributed by atoms with E-state index in [0.29, 0.717) is 68.6 Å². The van der Waals surface area contributed by atoms with Crippen molar-refractivity contribution in [2.75, 3.05) is 0 Å². The summed E-state index contributed by atoms with van der Waals surface area (Å²) in [4.78, 5) is 43.4. The minimum atomic E-state index is -0.398. The number of pyridine rings is 2. The first-order valence-electron chi connectivity index (χ1n) is 48.4. The predicted octanol–water partition coefficient (Wildman–Crippen LogP) is 31.5. The Morgan fingerprint density at radius 1 is 0.229 bits per heavy atom. The zero-order chi connectivity index (χ0) is 96.8. The first-order valence-corrected chi connectivity index (χ1v) is 48.4. The highest BCUT2D eigenvalue weighted by Crippen LogP contribution is 2.50. The summed E-state index contributed by atoms with van der Waals surface area (Å²) >= 11 is 0. The summed E-state index contributed by atoms with van der Waals surface area (Å²) in [5.41, 5.74) is 25.4. The van der Waals surface area contributed by atoms with E-state index in [1.54, 1.807) is 0 Å². The molecule has 682 valence electrons. The van der Waals surface area contributed by atoms with Crippen molar-refractivity contribution in [2.24, 2.45) is 0 Å². The van der Waals surface area contributed by atoms with Crippen LogP contribution in [0.4, 0.5) is 0 Å². The Balaban J connectivity index is 0.661. The summed E-state index contributed by atoms with van der Waals surface area (Å²) in [5, 5.41) is 32.9. The summed E-state index contributed by atoms with van der Waals surface area (Å²) in [6.07, 6.45) is 9.25. The molecular weight excluding hydrogens is 1710 g/mol. The summed E-state index contributed by atoms with van der Waals surface area (Å²) in [6.45, 7) is 36.5. The van der Waals surface area contributed by atoms with E-state index in [9.17, 15) is 10.5 Å². The van der Waals surface area contributed by atoms with E-state index >= 15 is 0 Å². The molecule has 0 atom stereocenters. The predicted molar refractivity (Wildman–Crippen MR) is 576 cm³/mol. The van der Waals surface area contributed by atoms with Crippen molar-refractivity contribution in [1.29, 1.82) is 10.5 Å². The highest BCUT2D eigenvalue weighted by Gasteiger charge is 2.34. The van der Waals surface area contributed by atoms with Gasteiger partial charge >= 0.3 is 0 Å². The molecule has 14 aromatic carbocycles. The monoisotopic (exact) mass is 1820 g/mol. The van der Waals surface area contributed by atoms with Gasteiger partial charge in [0.1, 0.15) is 12.1 Å². The van der Waals surface area contributed by atoms with Crippen LogP contribution in [0.5, 0.6) is 0 Å². The Kier molecular flexibility index (Phi) is 21.4. The summed E-state index contributed by atoms with van der Waals surface area (Å²) < 4.78 is 9.18. The van der Waals surface area contributed by atoms with E-state index in [1.807, 2.05) is 36.9 Å². The van der Waals surface area contributed by atoms with E-state index in [0.717, 1.165) is 178 Å². The molecule has 14 nitrogen and oxygen atoms in total. The topological polar surface area (TPSA) is 170 Å². The lowest BCUT2D eigenvalue weighted by Gasteiger charge is -2.33. The molecular formula is C126H108N14. The Labute approximate surface area is 816 Å². The second-order valence-electron chi connectivity index (χ2n) is 43.0. The van der Waals surface area contributed by atoms with Crippen molar-refractivity contribution >= 4 is 87.2 Å². The minimum Gasteiger partial charge on any atom is -0.309 e. The van der Waals surface area contributed by atoms with E-state index < -0.39 is 5.41 Å². The molecule has 8 aromatic heterocycles. The van der Waals surface area contributed by atoms with E-state index in [4.69, 9.17) is 39.9 Å². The van der Waals surface area contributed by atoms with Crippen LogP contribution in [-0.4, -0.2) is 58.1 Å². The third kappa shape index (κ3) is 15.6. The van der Waals surface area contributed by atoms with Crippen molar-refractivity contribution in [3.63, 3.8) is 0 Å². The van der Waals surface area contributed by atoms with Crippen LogP contribution in [0.15, 0.2) is 340 Å². The van der Waals surface area contributed by atoms with Gasteiger partial charge < -0.3 is 18.3 Å². The van der Waals surface area contributed by atoms with E-state index in [1.165, 1.54) is 11.1 Å². The van der Waals surface area contributed by atoms with Crippen molar-refractivity contribution < 1.29 is 0 Å². The smallest absolute Gasteiger partial charge is 0.164 e. The molecule has 0 saturated heterocycles. The highest BCUT2D eigenvalue weighted by molar-refractivity contribution is 6.14. The number of nitriles is 2. The lowest BCUT2D eigenvalue weighted by molar-refractivity contribution is 0.374. The fourth-order valence-corrected chi connectivity index (χ4v) is 20.7. The van der Waals surface area contributed by atoms with Crippen LogP contribution < -0.4 is 0 Å². The molecule has 0 saturated carbocycles. The molecule has 0 aliphatic heterocycles. The van der Waals surface area contributed by atoms with Crippen molar-refractivity contribution in [2.45, 2.75) is 156 Å². The molecule has 0 amide bonds. The summed E-state index contributed by atoms with van der Waals surface area (Å²) in [5.74, 6) is 2.87. The van der Waals surface area contributed by atoms with Gasteiger partial charge in [-0.1, -0.05) is 317 Å². The molecule has 0 bridgehead atoms. The van der Waals surface area contributed by atoms with E-state index in [-0.39, 0.29) is 27.1 Å². The Morgan fingerprint density at radius 3 is 0.757 bits per heavy atom. The molecule has 22 aromatic rings. The summed E-state index contributed by atoms with van der Waals surface area (Å²) in [7, 11) is 0. The van der Waals surface area contributed by atoms with Crippen LogP contribution in [-0.2, 0) is 32.5 Å². The molecule has 8 heterocycles. The van der Waals surface area contributed by atoms with Crippen LogP contribution in [0.1, 0.15) is 168 Å². The zero-order valence-corrected chi connectivity index (χ0v) is 82.0. The van der Waals surface area contributed by atoms with Crippen LogP contribution in [0.2, 0.25) is 0 Å². The van der Waals surface area contributed by atoms with Gasteiger partial charge in [-0.15, -0.1) is 0 Å². The lowest BCUT2D eigenvalue weighted by Crippen LogP contribution is -2.25. The average molecular weight is 1820 g/mol. The van der Waals surface area contributed by atoms with Crippen LogP contribution in [0.25, 0.3) is 201 Å². The third-order valence-corrected chi connectivity index (χ3v) is 28.7. The van der Waals surface area contributed by atoms with Gasteiger partial charge in [0.25, 0.3) is 0 Å². The van der Waals surface area contributed by atoms with Gasteiger partial charge in [-0.3, -0.25) is 9.97 Å². The van der Waals surface area contributed by atoms with Gasteiger partial charge in [-0.2, -0.15) is 10.5 Å². The maximum absolute atomic E-state index is 12.2. The highest BCUT2D eigenvalue weighted by atomic mass is 15.1. The Hall–Kier alpha value is -16.4. The zero-order valence-electron chi connectivity index (χ0n) is 82.0. The number of rotatable bonds is 17. The maximum atomic E-state index is 12.2. The van der Waals surface area contributed by atoms with Gasteiger partial charge in [-0.05, 0) is 188 Å². The van der Waals surface area contributed by atoms with Gasteiger partial charge in [0.2, 0.25) is 0 Å². The number of aromatic nitrogens is 12. The molecule has 0 aliphatic carbocycles. The average Bonchev–Trinajstić information content (AvgIpc) is 1.56. The minimum absolute atomic E-state index is 0.103. The van der Waals surface area contributed by atoms with Crippen molar-refractivity contribution in [3.05, 3.63) is 385 Å². The molecule has 0 fully saturated rings. The largest absolute Gasteiger partial charge is 0.309 e.